The minimum absolute atomic E-state index is 0.0533. The lowest BCUT2D eigenvalue weighted by Gasteiger charge is -2.44. The highest BCUT2D eigenvalue weighted by atomic mass is 32.2. The van der Waals surface area contributed by atoms with Crippen LogP contribution in [0.15, 0.2) is 29.2 Å². The molecule has 0 unspecified atom stereocenters. The van der Waals surface area contributed by atoms with Crippen LogP contribution in [0.2, 0.25) is 18.1 Å². The topological polar surface area (TPSA) is 43.4 Å². The molecule has 0 aromatic heterocycles. The fraction of sp³-hybridized carbons (Fsp3) is 0.667. The third kappa shape index (κ3) is 4.89. The largest absolute Gasteiger partial charge is 0.416 e. The number of hydrogen-bond acceptors (Lipinski definition) is 3. The van der Waals surface area contributed by atoms with Crippen LogP contribution in [0.3, 0.4) is 0 Å². The molecule has 148 valence electrons. The maximum atomic E-state index is 12.8. The molecule has 26 heavy (non-hydrogen) atoms. The van der Waals surface area contributed by atoms with E-state index < -0.39 is 29.9 Å². The van der Waals surface area contributed by atoms with Crippen molar-refractivity contribution in [2.75, 3.05) is 5.75 Å². The van der Waals surface area contributed by atoms with E-state index in [-0.39, 0.29) is 27.7 Å². The van der Waals surface area contributed by atoms with E-state index in [0.717, 1.165) is 18.2 Å². The molecule has 0 bridgehead atoms. The Labute approximate surface area is 155 Å². The summed E-state index contributed by atoms with van der Waals surface area (Å²) >= 11 is 0. The van der Waals surface area contributed by atoms with Gasteiger partial charge in [0.1, 0.15) is 0 Å². The van der Waals surface area contributed by atoms with Crippen molar-refractivity contribution in [1.29, 1.82) is 0 Å². The summed E-state index contributed by atoms with van der Waals surface area (Å²) in [6, 6.07) is 3.97. The Balaban J connectivity index is 1.99. The quantitative estimate of drug-likeness (QED) is 0.623. The van der Waals surface area contributed by atoms with Gasteiger partial charge in [-0.15, -0.1) is 0 Å². The van der Waals surface area contributed by atoms with Crippen molar-refractivity contribution in [3.8, 4) is 0 Å². The zero-order valence-electron chi connectivity index (χ0n) is 15.9. The van der Waals surface area contributed by atoms with Crippen LogP contribution in [0.25, 0.3) is 0 Å². The Kier molecular flexibility index (Phi) is 5.73. The van der Waals surface area contributed by atoms with E-state index in [2.05, 4.69) is 33.9 Å². The first-order valence-corrected chi connectivity index (χ1v) is 13.3. The van der Waals surface area contributed by atoms with Gasteiger partial charge in [0.15, 0.2) is 18.2 Å². The fourth-order valence-electron chi connectivity index (χ4n) is 2.77. The van der Waals surface area contributed by atoms with Gasteiger partial charge in [-0.25, -0.2) is 8.42 Å². The molecule has 2 rings (SSSR count). The third-order valence-corrected chi connectivity index (χ3v) is 11.9. The van der Waals surface area contributed by atoms with Gasteiger partial charge in [0.2, 0.25) is 0 Å². The van der Waals surface area contributed by atoms with E-state index in [9.17, 15) is 21.6 Å². The second-order valence-corrected chi connectivity index (χ2v) is 15.4. The van der Waals surface area contributed by atoms with E-state index in [1.807, 2.05) is 0 Å². The molecule has 1 aliphatic carbocycles. The standard InChI is InChI=1S/C18H27F3O3SSi/c1-17(2,3)26(4,5)24-15-9-13(10-15)12-25(22,23)16-8-6-7-14(11-16)18(19,20)21/h6-8,11,13,15H,9-10,12H2,1-5H3/t13-,15+. The van der Waals surface area contributed by atoms with E-state index in [0.29, 0.717) is 12.8 Å². The lowest BCUT2D eigenvalue weighted by Crippen LogP contribution is -2.48. The van der Waals surface area contributed by atoms with Gasteiger partial charge in [-0.2, -0.15) is 13.2 Å². The number of sulfone groups is 1. The summed E-state index contributed by atoms with van der Waals surface area (Å²) < 4.78 is 69.6. The lowest BCUT2D eigenvalue weighted by atomic mass is 9.84. The summed E-state index contributed by atoms with van der Waals surface area (Å²) in [6.07, 6.45) is -3.21. The van der Waals surface area contributed by atoms with Gasteiger partial charge >= 0.3 is 6.18 Å². The lowest BCUT2D eigenvalue weighted by molar-refractivity contribution is -0.137. The van der Waals surface area contributed by atoms with Crippen molar-refractivity contribution in [1.82, 2.24) is 0 Å². The first-order valence-electron chi connectivity index (χ1n) is 8.70. The zero-order chi connectivity index (χ0) is 20.0. The minimum Gasteiger partial charge on any atom is -0.414 e. The van der Waals surface area contributed by atoms with Gasteiger partial charge in [-0.1, -0.05) is 26.8 Å². The van der Waals surface area contributed by atoms with E-state index in [4.69, 9.17) is 4.43 Å². The monoisotopic (exact) mass is 408 g/mol. The Morgan fingerprint density at radius 1 is 1.15 bits per heavy atom. The number of alkyl halides is 3. The predicted molar refractivity (Wildman–Crippen MR) is 98.3 cm³/mol. The number of hydrogen-bond donors (Lipinski definition) is 0. The second-order valence-electron chi connectivity index (χ2n) is 8.64. The summed E-state index contributed by atoms with van der Waals surface area (Å²) in [5.74, 6) is -0.199. The maximum absolute atomic E-state index is 12.8. The van der Waals surface area contributed by atoms with E-state index >= 15 is 0 Å². The molecule has 0 spiro atoms. The van der Waals surface area contributed by atoms with Gasteiger partial charge in [-0.3, -0.25) is 0 Å². The van der Waals surface area contributed by atoms with Crippen molar-refractivity contribution in [2.24, 2.45) is 5.92 Å². The fourth-order valence-corrected chi connectivity index (χ4v) is 5.83. The Bertz CT molecular complexity index is 746. The van der Waals surface area contributed by atoms with Crippen LogP contribution in [0.1, 0.15) is 39.2 Å². The Hall–Kier alpha value is -0.863. The van der Waals surface area contributed by atoms with Crippen LogP contribution >= 0.6 is 0 Å². The smallest absolute Gasteiger partial charge is 0.414 e. The third-order valence-electron chi connectivity index (χ3n) is 5.44. The number of rotatable bonds is 5. The van der Waals surface area contributed by atoms with Crippen molar-refractivity contribution < 1.29 is 26.0 Å². The van der Waals surface area contributed by atoms with Gasteiger partial charge in [0.25, 0.3) is 0 Å². The zero-order valence-corrected chi connectivity index (χ0v) is 17.7. The summed E-state index contributed by atoms with van der Waals surface area (Å²) in [4.78, 5) is -0.263. The first-order chi connectivity index (χ1) is 11.6. The molecule has 0 amide bonds. The highest BCUT2D eigenvalue weighted by Gasteiger charge is 2.43. The molecule has 0 saturated heterocycles. The molecule has 0 heterocycles. The molecule has 8 heteroatoms. The minimum atomic E-state index is -4.55. The summed E-state index contributed by atoms with van der Waals surface area (Å²) in [5, 5.41) is 0.0855. The molecular formula is C18H27F3O3SSi. The van der Waals surface area contributed by atoms with Crippen molar-refractivity contribution in [2.45, 2.75) is 68.9 Å². The van der Waals surface area contributed by atoms with Gasteiger partial charge in [0, 0.05) is 6.10 Å². The number of benzene rings is 1. The van der Waals surface area contributed by atoms with Gasteiger partial charge in [-0.05, 0) is 55.1 Å². The maximum Gasteiger partial charge on any atom is 0.416 e. The summed E-state index contributed by atoms with van der Waals surface area (Å²) in [6.45, 7) is 10.7. The molecule has 0 aliphatic heterocycles. The highest BCUT2D eigenvalue weighted by molar-refractivity contribution is 7.91. The average Bonchev–Trinajstić information content (AvgIpc) is 2.42. The van der Waals surface area contributed by atoms with Gasteiger partial charge in [0.05, 0.1) is 16.2 Å². The molecule has 0 radical (unpaired) electrons. The molecule has 1 fully saturated rings. The van der Waals surface area contributed by atoms with Crippen molar-refractivity contribution in [3.63, 3.8) is 0 Å². The summed E-state index contributed by atoms with van der Waals surface area (Å²) in [7, 11) is -5.64. The normalized spacial score (nSPS) is 22.2. The Morgan fingerprint density at radius 2 is 1.73 bits per heavy atom. The number of halogens is 3. The van der Waals surface area contributed by atoms with Crippen molar-refractivity contribution >= 4 is 18.2 Å². The molecule has 1 saturated carbocycles. The van der Waals surface area contributed by atoms with Crippen LogP contribution in [0.5, 0.6) is 0 Å². The molecule has 1 aromatic carbocycles. The van der Waals surface area contributed by atoms with Crippen LogP contribution in [0, 0.1) is 5.92 Å². The van der Waals surface area contributed by atoms with Crippen LogP contribution < -0.4 is 0 Å². The van der Waals surface area contributed by atoms with Crippen LogP contribution in [-0.2, 0) is 20.4 Å². The first kappa shape index (κ1) is 21.4. The average molecular weight is 409 g/mol. The molecule has 0 N–H and O–H groups in total. The van der Waals surface area contributed by atoms with Crippen LogP contribution in [0.4, 0.5) is 13.2 Å². The summed E-state index contributed by atoms with van der Waals surface area (Å²) in [5.41, 5.74) is -0.939. The predicted octanol–water partition coefficient (Wildman–Crippen LogP) is 5.28. The van der Waals surface area contributed by atoms with Gasteiger partial charge < -0.3 is 4.43 Å². The highest BCUT2D eigenvalue weighted by Crippen LogP contribution is 2.42. The second kappa shape index (κ2) is 6.94. The molecule has 1 aliphatic rings. The molecular weight excluding hydrogens is 381 g/mol. The molecule has 3 nitrogen and oxygen atoms in total. The molecule has 1 aromatic rings. The van der Waals surface area contributed by atoms with E-state index in [1.54, 1.807) is 0 Å². The SMILES string of the molecule is CC(C)(C)[Si](C)(C)O[C@H]1C[C@@H](CS(=O)(=O)c2cccc(C(F)(F)F)c2)C1. The Morgan fingerprint density at radius 3 is 2.23 bits per heavy atom. The molecule has 0 atom stereocenters. The van der Waals surface area contributed by atoms with Crippen molar-refractivity contribution in [3.05, 3.63) is 29.8 Å². The van der Waals surface area contributed by atoms with Crippen LogP contribution in [-0.4, -0.2) is 28.6 Å². The van der Waals surface area contributed by atoms with E-state index in [1.165, 1.54) is 6.07 Å².